The van der Waals surface area contributed by atoms with E-state index in [0.717, 1.165) is 30.7 Å². The molecule has 12 heteroatoms. The van der Waals surface area contributed by atoms with Crippen LogP contribution in [0.15, 0.2) is 25.3 Å². The summed E-state index contributed by atoms with van der Waals surface area (Å²) >= 11 is 0. The first kappa shape index (κ1) is 34.3. The van der Waals surface area contributed by atoms with Gasteiger partial charge in [0.15, 0.2) is 16.6 Å². The van der Waals surface area contributed by atoms with Crippen LogP contribution in [0.5, 0.6) is 0 Å². The van der Waals surface area contributed by atoms with Crippen molar-refractivity contribution in [1.29, 1.82) is 0 Å². The summed E-state index contributed by atoms with van der Waals surface area (Å²) in [6.07, 6.45) is 4.29. The molecule has 36 heavy (non-hydrogen) atoms. The van der Waals surface area contributed by atoms with Gasteiger partial charge in [0.1, 0.15) is 18.8 Å². The number of carbonyl (C=O) groups excluding carboxylic acids is 3. The highest BCUT2D eigenvalue weighted by Crippen LogP contribution is 2.26. The molecule has 0 aromatic rings. The monoisotopic (exact) mass is 561 g/mol. The lowest BCUT2D eigenvalue weighted by molar-refractivity contribution is -0.144. The van der Waals surface area contributed by atoms with Crippen molar-refractivity contribution < 1.29 is 36.8 Å². The number of nitrogens with one attached hydrogen (secondary N) is 1. The summed E-state index contributed by atoms with van der Waals surface area (Å²) in [4.78, 5) is 35.3. The first-order chi connectivity index (χ1) is 16.5. The van der Waals surface area contributed by atoms with Gasteiger partial charge in [-0.25, -0.2) is 14.4 Å². The average Bonchev–Trinajstić information content (AvgIpc) is 2.75. The summed E-state index contributed by atoms with van der Waals surface area (Å²) in [6, 6.07) is 1.94. The van der Waals surface area contributed by atoms with Crippen molar-refractivity contribution in [1.82, 2.24) is 5.32 Å². The second-order valence-electron chi connectivity index (χ2n) is 10.8. The van der Waals surface area contributed by atoms with Gasteiger partial charge in [0.05, 0.1) is 6.61 Å². The van der Waals surface area contributed by atoms with Gasteiger partial charge in [-0.15, -0.1) is 0 Å². The van der Waals surface area contributed by atoms with Crippen LogP contribution in [0.1, 0.15) is 33.1 Å². The molecule has 208 valence electrons. The average molecular weight is 562 g/mol. The number of unbranched alkanes of at least 4 members (excludes halogenated alkanes) is 1. The van der Waals surface area contributed by atoms with Gasteiger partial charge < -0.3 is 27.8 Å². The summed E-state index contributed by atoms with van der Waals surface area (Å²) in [5.74, 6) is -1.32. The van der Waals surface area contributed by atoms with E-state index in [1.165, 1.54) is 6.42 Å². The minimum Gasteiger partial charge on any atom is -0.460 e. The van der Waals surface area contributed by atoms with E-state index in [1.54, 1.807) is 6.92 Å². The van der Waals surface area contributed by atoms with Crippen molar-refractivity contribution in [2.75, 3.05) is 19.8 Å². The van der Waals surface area contributed by atoms with E-state index in [0.29, 0.717) is 6.42 Å². The Balaban J connectivity index is 4.77. The largest absolute Gasteiger partial charge is 0.460 e. The number of amides is 1. The number of hydrogen-bond donors (Lipinski definition) is 1. The standard InChI is InChI=1S/C24H47NO8Si3/c1-11-14-17-34(5,6)32-36(9,10)33-35(7,8)18-15-16-29-23(28)25-24(4,19-30-21(26)12-2)20-31-22(27)13-3/h12-13H,2-3,11,14-20H2,1,4-10H3,(H,25,28). The Hall–Kier alpha value is -1.74. The van der Waals surface area contributed by atoms with Crippen LogP contribution < -0.4 is 5.32 Å². The number of ether oxygens (including phenoxy) is 3. The van der Waals surface area contributed by atoms with Crippen molar-refractivity contribution in [2.45, 2.75) is 90.0 Å². The summed E-state index contributed by atoms with van der Waals surface area (Å²) < 4.78 is 28.6. The SMILES string of the molecule is C=CC(=O)OCC(C)(COC(=O)C=C)NC(=O)OCCC[Si](C)(C)O[Si](C)(C)O[Si](C)(C)CCCC. The summed E-state index contributed by atoms with van der Waals surface area (Å²) in [7, 11) is -6.07. The normalized spacial score (nSPS) is 12.4. The lowest BCUT2D eigenvalue weighted by Gasteiger charge is -2.38. The van der Waals surface area contributed by atoms with Crippen LogP contribution in [0.3, 0.4) is 0 Å². The van der Waals surface area contributed by atoms with Crippen molar-refractivity contribution in [3.05, 3.63) is 25.3 Å². The molecule has 0 radical (unpaired) electrons. The molecule has 0 atom stereocenters. The van der Waals surface area contributed by atoms with E-state index in [9.17, 15) is 14.4 Å². The van der Waals surface area contributed by atoms with Gasteiger partial charge in [-0.3, -0.25) is 0 Å². The molecule has 0 aromatic carbocycles. The highest BCUT2D eigenvalue weighted by atomic mass is 28.5. The quantitative estimate of drug-likeness (QED) is 0.0793. The second kappa shape index (κ2) is 15.5. The maximum absolute atomic E-state index is 12.4. The Bertz CT molecular complexity index is 732. The molecule has 1 N–H and O–H groups in total. The smallest absolute Gasteiger partial charge is 0.407 e. The van der Waals surface area contributed by atoms with Crippen molar-refractivity contribution >= 4 is 43.2 Å². The molecule has 0 spiro atoms. The molecule has 0 aliphatic rings. The summed E-state index contributed by atoms with van der Waals surface area (Å²) in [5.41, 5.74) is -1.19. The summed E-state index contributed by atoms with van der Waals surface area (Å²) in [5, 5.41) is 2.62. The Morgan fingerprint density at radius 2 is 1.25 bits per heavy atom. The van der Waals surface area contributed by atoms with E-state index in [2.05, 4.69) is 64.7 Å². The Morgan fingerprint density at radius 3 is 1.67 bits per heavy atom. The molecule has 0 heterocycles. The molecule has 0 aliphatic heterocycles. The van der Waals surface area contributed by atoms with Gasteiger partial charge >= 0.3 is 26.6 Å². The van der Waals surface area contributed by atoms with Gasteiger partial charge in [0.25, 0.3) is 0 Å². The van der Waals surface area contributed by atoms with Gasteiger partial charge in [0, 0.05) is 12.2 Å². The fraction of sp³-hybridized carbons (Fsp3) is 0.708. The predicted octanol–water partition coefficient (Wildman–Crippen LogP) is 5.27. The maximum Gasteiger partial charge on any atom is 0.407 e. The zero-order valence-electron chi connectivity index (χ0n) is 23.5. The molecular formula is C24H47NO8Si3. The fourth-order valence-corrected chi connectivity index (χ4v) is 17.9. The molecule has 0 saturated carbocycles. The lowest BCUT2D eigenvalue weighted by atomic mass is 10.1. The third-order valence-corrected chi connectivity index (χ3v) is 16.6. The van der Waals surface area contributed by atoms with Crippen LogP contribution in [-0.2, 0) is 32.0 Å². The van der Waals surface area contributed by atoms with E-state index < -0.39 is 48.8 Å². The first-order valence-electron chi connectivity index (χ1n) is 12.4. The fourth-order valence-electron chi connectivity index (χ4n) is 3.69. The molecule has 0 rings (SSSR count). The Kier molecular flexibility index (Phi) is 14.7. The van der Waals surface area contributed by atoms with Crippen molar-refractivity contribution in [3.63, 3.8) is 0 Å². The molecule has 1 amide bonds. The van der Waals surface area contributed by atoms with Crippen LogP contribution in [0, 0.1) is 0 Å². The topological polar surface area (TPSA) is 109 Å². The Labute approximate surface area is 220 Å². The molecule has 0 saturated heterocycles. The van der Waals surface area contributed by atoms with Crippen LogP contribution in [-0.4, -0.2) is 68.6 Å². The van der Waals surface area contributed by atoms with Crippen LogP contribution in [0.2, 0.25) is 51.4 Å². The number of alkyl carbamates (subject to hydrolysis) is 1. The van der Waals surface area contributed by atoms with Gasteiger partial charge in [-0.2, -0.15) is 0 Å². The van der Waals surface area contributed by atoms with Gasteiger partial charge in [-0.05, 0) is 64.7 Å². The summed E-state index contributed by atoms with van der Waals surface area (Å²) in [6.45, 7) is 23.2. The van der Waals surface area contributed by atoms with Gasteiger partial charge in [0.2, 0.25) is 0 Å². The molecule has 0 aromatic heterocycles. The van der Waals surface area contributed by atoms with E-state index in [-0.39, 0.29) is 19.8 Å². The predicted molar refractivity (Wildman–Crippen MR) is 149 cm³/mol. The molecule has 9 nitrogen and oxygen atoms in total. The number of carbonyl (C=O) groups is 3. The van der Waals surface area contributed by atoms with E-state index >= 15 is 0 Å². The highest BCUT2D eigenvalue weighted by Gasteiger charge is 2.39. The zero-order chi connectivity index (χ0) is 28.0. The number of esters is 2. The first-order valence-corrected chi connectivity index (χ1v) is 21.5. The molecule has 0 unspecified atom stereocenters. The third kappa shape index (κ3) is 16.1. The second-order valence-corrected chi connectivity index (χ2v) is 23.2. The Morgan fingerprint density at radius 1 is 0.806 bits per heavy atom. The van der Waals surface area contributed by atoms with Crippen LogP contribution in [0.4, 0.5) is 4.79 Å². The maximum atomic E-state index is 12.4. The van der Waals surface area contributed by atoms with Gasteiger partial charge in [-0.1, -0.05) is 32.9 Å². The van der Waals surface area contributed by atoms with E-state index in [1.807, 2.05) is 0 Å². The molecule has 0 bridgehead atoms. The highest BCUT2D eigenvalue weighted by molar-refractivity contribution is 6.87. The molecular weight excluding hydrogens is 515 g/mol. The minimum absolute atomic E-state index is 0.195. The van der Waals surface area contributed by atoms with Crippen molar-refractivity contribution in [2.24, 2.45) is 0 Å². The molecule has 0 fully saturated rings. The van der Waals surface area contributed by atoms with E-state index in [4.69, 9.17) is 22.4 Å². The number of rotatable bonds is 18. The van der Waals surface area contributed by atoms with Crippen LogP contribution >= 0.6 is 0 Å². The zero-order valence-corrected chi connectivity index (χ0v) is 26.5. The molecule has 0 aliphatic carbocycles. The van der Waals surface area contributed by atoms with Crippen LogP contribution in [0.25, 0.3) is 0 Å². The third-order valence-electron chi connectivity index (χ3n) is 5.14. The van der Waals surface area contributed by atoms with Crippen molar-refractivity contribution in [3.8, 4) is 0 Å². The lowest BCUT2D eigenvalue weighted by Crippen LogP contribution is -2.53. The minimum atomic E-state index is -2.27. The number of hydrogen-bond acceptors (Lipinski definition) is 8.